The van der Waals surface area contributed by atoms with Crippen LogP contribution in [0.1, 0.15) is 44.9 Å². The first-order valence-corrected chi connectivity index (χ1v) is 7.40. The highest BCUT2D eigenvalue weighted by atomic mass is 16.1. The van der Waals surface area contributed by atoms with Gasteiger partial charge in [-0.25, -0.2) is 0 Å². The SMILES string of the molecule is CN1CCCCC1CNC(=O)C1CCCC(N)C1. The molecule has 0 radical (unpaired) electrons. The summed E-state index contributed by atoms with van der Waals surface area (Å²) < 4.78 is 0. The highest BCUT2D eigenvalue weighted by Crippen LogP contribution is 2.23. The van der Waals surface area contributed by atoms with E-state index in [0.717, 1.165) is 38.8 Å². The molecule has 1 heterocycles. The number of likely N-dealkylation sites (N-methyl/N-ethyl adjacent to an activating group) is 1. The average Bonchev–Trinajstić information content (AvgIpc) is 2.37. The first kappa shape index (κ1) is 13.8. The molecule has 0 spiro atoms. The Bertz CT molecular complexity index is 282. The van der Waals surface area contributed by atoms with E-state index in [-0.39, 0.29) is 17.9 Å². The first-order valence-electron chi connectivity index (χ1n) is 7.40. The van der Waals surface area contributed by atoms with E-state index < -0.39 is 0 Å². The van der Waals surface area contributed by atoms with Crippen LogP contribution in [-0.4, -0.2) is 43.0 Å². The average molecular weight is 253 g/mol. The Labute approximate surface area is 110 Å². The fourth-order valence-electron chi connectivity index (χ4n) is 3.23. The minimum absolute atomic E-state index is 0.155. The molecule has 2 aliphatic rings. The van der Waals surface area contributed by atoms with Crippen molar-refractivity contribution in [3.8, 4) is 0 Å². The lowest BCUT2D eigenvalue weighted by Gasteiger charge is -2.33. The molecule has 2 rings (SSSR count). The highest BCUT2D eigenvalue weighted by Gasteiger charge is 2.26. The van der Waals surface area contributed by atoms with Crippen molar-refractivity contribution in [1.29, 1.82) is 0 Å². The largest absolute Gasteiger partial charge is 0.354 e. The third-order valence-electron chi connectivity index (χ3n) is 4.52. The van der Waals surface area contributed by atoms with Crippen molar-refractivity contribution in [3.05, 3.63) is 0 Å². The lowest BCUT2D eigenvalue weighted by molar-refractivity contribution is -0.126. The zero-order valence-electron chi connectivity index (χ0n) is 11.5. The van der Waals surface area contributed by atoms with Gasteiger partial charge in [0.25, 0.3) is 0 Å². The molecule has 104 valence electrons. The third kappa shape index (κ3) is 3.69. The van der Waals surface area contributed by atoms with Gasteiger partial charge in [-0.05, 0) is 45.7 Å². The summed E-state index contributed by atoms with van der Waals surface area (Å²) >= 11 is 0. The molecule has 0 aromatic heterocycles. The van der Waals surface area contributed by atoms with Crippen LogP contribution in [0.5, 0.6) is 0 Å². The number of hydrogen-bond acceptors (Lipinski definition) is 3. The molecule has 0 aromatic rings. The molecular weight excluding hydrogens is 226 g/mol. The molecule has 3 N–H and O–H groups in total. The molecular formula is C14H27N3O. The number of nitrogens with one attached hydrogen (secondary N) is 1. The van der Waals surface area contributed by atoms with Crippen LogP contribution in [0.4, 0.5) is 0 Å². The Balaban J connectivity index is 1.73. The summed E-state index contributed by atoms with van der Waals surface area (Å²) in [4.78, 5) is 14.5. The lowest BCUT2D eigenvalue weighted by Crippen LogP contribution is -2.46. The van der Waals surface area contributed by atoms with Crippen molar-refractivity contribution in [1.82, 2.24) is 10.2 Å². The lowest BCUT2D eigenvalue weighted by atomic mass is 9.85. The van der Waals surface area contributed by atoms with Gasteiger partial charge in [0.2, 0.25) is 5.91 Å². The van der Waals surface area contributed by atoms with Gasteiger partial charge in [0, 0.05) is 24.5 Å². The number of carbonyl (C=O) groups is 1. The van der Waals surface area contributed by atoms with Crippen molar-refractivity contribution in [3.63, 3.8) is 0 Å². The number of piperidine rings is 1. The fourth-order valence-corrected chi connectivity index (χ4v) is 3.23. The van der Waals surface area contributed by atoms with Gasteiger partial charge < -0.3 is 16.0 Å². The Hall–Kier alpha value is -0.610. The Morgan fingerprint density at radius 1 is 1.28 bits per heavy atom. The topological polar surface area (TPSA) is 58.4 Å². The summed E-state index contributed by atoms with van der Waals surface area (Å²) in [5, 5.41) is 3.14. The Morgan fingerprint density at radius 3 is 2.83 bits per heavy atom. The highest BCUT2D eigenvalue weighted by molar-refractivity contribution is 5.78. The van der Waals surface area contributed by atoms with Crippen molar-refractivity contribution >= 4 is 5.91 Å². The maximum absolute atomic E-state index is 12.1. The van der Waals surface area contributed by atoms with Crippen LogP contribution in [0, 0.1) is 5.92 Å². The Morgan fingerprint density at radius 2 is 2.11 bits per heavy atom. The molecule has 3 unspecified atom stereocenters. The summed E-state index contributed by atoms with van der Waals surface area (Å²) in [7, 11) is 2.16. The molecule has 3 atom stereocenters. The maximum Gasteiger partial charge on any atom is 0.223 e. The summed E-state index contributed by atoms with van der Waals surface area (Å²) in [6.45, 7) is 1.97. The number of nitrogens with two attached hydrogens (primary N) is 1. The first-order chi connectivity index (χ1) is 8.66. The van der Waals surface area contributed by atoms with Crippen molar-refractivity contribution < 1.29 is 4.79 Å². The number of nitrogens with zero attached hydrogens (tertiary/aromatic N) is 1. The predicted molar refractivity (Wildman–Crippen MR) is 73.2 cm³/mol. The van der Waals surface area contributed by atoms with Crippen molar-refractivity contribution in [2.75, 3.05) is 20.1 Å². The molecule has 1 aliphatic carbocycles. The molecule has 4 nitrogen and oxygen atoms in total. The van der Waals surface area contributed by atoms with Gasteiger partial charge in [-0.2, -0.15) is 0 Å². The van der Waals surface area contributed by atoms with Crippen molar-refractivity contribution in [2.45, 2.75) is 57.0 Å². The Kier molecular flexibility index (Phi) is 5.01. The van der Waals surface area contributed by atoms with E-state index in [2.05, 4.69) is 17.3 Å². The minimum atomic E-state index is 0.155. The second-order valence-corrected chi connectivity index (χ2v) is 6.00. The predicted octanol–water partition coefficient (Wildman–Crippen LogP) is 1.10. The van der Waals surface area contributed by atoms with E-state index in [1.165, 1.54) is 19.3 Å². The van der Waals surface area contributed by atoms with Gasteiger partial charge >= 0.3 is 0 Å². The van der Waals surface area contributed by atoms with Crippen LogP contribution < -0.4 is 11.1 Å². The summed E-state index contributed by atoms with van der Waals surface area (Å²) in [6, 6.07) is 0.756. The maximum atomic E-state index is 12.1. The fraction of sp³-hybridized carbons (Fsp3) is 0.929. The van der Waals surface area contributed by atoms with Gasteiger partial charge in [0.15, 0.2) is 0 Å². The summed E-state index contributed by atoms with van der Waals surface area (Å²) in [6.07, 6.45) is 7.85. The van der Waals surface area contributed by atoms with Gasteiger partial charge in [-0.1, -0.05) is 12.8 Å². The van der Waals surface area contributed by atoms with Gasteiger partial charge in [-0.3, -0.25) is 4.79 Å². The van der Waals surface area contributed by atoms with Crippen LogP contribution in [0.15, 0.2) is 0 Å². The molecule has 1 aliphatic heterocycles. The number of hydrogen-bond donors (Lipinski definition) is 2. The van der Waals surface area contributed by atoms with E-state index >= 15 is 0 Å². The third-order valence-corrected chi connectivity index (χ3v) is 4.52. The van der Waals surface area contributed by atoms with Crippen LogP contribution in [0.25, 0.3) is 0 Å². The molecule has 0 bridgehead atoms. The van der Waals surface area contributed by atoms with E-state index in [4.69, 9.17) is 5.73 Å². The molecule has 1 saturated heterocycles. The van der Waals surface area contributed by atoms with Crippen LogP contribution in [0.3, 0.4) is 0 Å². The summed E-state index contributed by atoms with van der Waals surface area (Å²) in [5.74, 6) is 0.381. The minimum Gasteiger partial charge on any atom is -0.354 e. The number of carbonyl (C=O) groups excluding carboxylic acids is 1. The van der Waals surface area contributed by atoms with Crippen LogP contribution in [0.2, 0.25) is 0 Å². The molecule has 1 amide bonds. The molecule has 18 heavy (non-hydrogen) atoms. The number of rotatable bonds is 3. The summed E-state index contributed by atoms with van der Waals surface area (Å²) in [5.41, 5.74) is 5.94. The van der Waals surface area contributed by atoms with Gasteiger partial charge in [-0.15, -0.1) is 0 Å². The van der Waals surface area contributed by atoms with E-state index in [1.807, 2.05) is 0 Å². The normalized spacial score (nSPS) is 34.2. The quantitative estimate of drug-likeness (QED) is 0.792. The van der Waals surface area contributed by atoms with E-state index in [0.29, 0.717) is 6.04 Å². The van der Waals surface area contributed by atoms with Crippen molar-refractivity contribution in [2.24, 2.45) is 11.7 Å². The van der Waals surface area contributed by atoms with E-state index in [1.54, 1.807) is 0 Å². The molecule has 2 fully saturated rings. The monoisotopic (exact) mass is 253 g/mol. The second-order valence-electron chi connectivity index (χ2n) is 6.00. The smallest absolute Gasteiger partial charge is 0.223 e. The van der Waals surface area contributed by atoms with Gasteiger partial charge in [0.1, 0.15) is 0 Å². The number of amides is 1. The van der Waals surface area contributed by atoms with E-state index in [9.17, 15) is 4.79 Å². The second kappa shape index (κ2) is 6.53. The standard InChI is InChI=1S/C14H27N3O/c1-17-8-3-2-7-13(17)10-16-14(18)11-5-4-6-12(15)9-11/h11-13H,2-10,15H2,1H3,(H,16,18). The zero-order chi connectivity index (χ0) is 13.0. The van der Waals surface area contributed by atoms with Gasteiger partial charge in [0.05, 0.1) is 0 Å². The zero-order valence-corrected chi connectivity index (χ0v) is 11.5. The number of likely N-dealkylation sites (tertiary alicyclic amines) is 1. The van der Waals surface area contributed by atoms with Crippen LogP contribution >= 0.6 is 0 Å². The molecule has 1 saturated carbocycles. The van der Waals surface area contributed by atoms with Crippen LogP contribution in [-0.2, 0) is 4.79 Å². The molecule has 0 aromatic carbocycles. The molecule has 4 heteroatoms.